The summed E-state index contributed by atoms with van der Waals surface area (Å²) in [5, 5.41) is 13.3. The highest BCUT2D eigenvalue weighted by atomic mass is 32.1. The second-order valence-electron chi connectivity index (χ2n) is 8.97. The number of aromatic hydroxyl groups is 1. The first-order valence-corrected chi connectivity index (χ1v) is 12.6. The number of nitrogens with zero attached hydrogens (tertiary/aromatic N) is 2. The fraction of sp³-hybridized carbons (Fsp3) is 0.308. The van der Waals surface area contributed by atoms with Crippen molar-refractivity contribution in [3.05, 3.63) is 64.2 Å². The van der Waals surface area contributed by atoms with Crippen molar-refractivity contribution in [2.45, 2.75) is 44.7 Å². The number of primary amides is 1. The molecule has 1 aromatic heterocycles. The van der Waals surface area contributed by atoms with Gasteiger partial charge >= 0.3 is 0 Å². The third-order valence-corrected chi connectivity index (χ3v) is 7.27. The van der Waals surface area contributed by atoms with Crippen molar-refractivity contribution < 1.29 is 24.2 Å². The highest BCUT2D eigenvalue weighted by Gasteiger charge is 2.37. The monoisotopic (exact) mass is 523 g/mol. The van der Waals surface area contributed by atoms with E-state index in [9.17, 15) is 19.5 Å². The van der Waals surface area contributed by atoms with Crippen molar-refractivity contribution >= 4 is 40.6 Å². The summed E-state index contributed by atoms with van der Waals surface area (Å²) >= 11 is 0.743. The van der Waals surface area contributed by atoms with Gasteiger partial charge in [0.25, 0.3) is 11.8 Å². The largest absolute Gasteiger partial charge is 0.504 e. The van der Waals surface area contributed by atoms with Crippen molar-refractivity contribution in [3.8, 4) is 11.5 Å². The van der Waals surface area contributed by atoms with Crippen LogP contribution in [-0.4, -0.2) is 40.4 Å². The molecule has 0 aliphatic heterocycles. The van der Waals surface area contributed by atoms with Gasteiger partial charge in [-0.3, -0.25) is 19.3 Å². The second kappa shape index (κ2) is 10.9. The average Bonchev–Trinajstić information content (AvgIpc) is 3.53. The molecule has 10 nitrogen and oxygen atoms in total. The van der Waals surface area contributed by atoms with E-state index in [2.05, 4.69) is 9.69 Å². The Morgan fingerprint density at radius 1 is 1.16 bits per heavy atom. The fourth-order valence-electron chi connectivity index (χ4n) is 4.46. The van der Waals surface area contributed by atoms with Crippen LogP contribution in [-0.2, 0) is 4.79 Å². The molecule has 11 heteroatoms. The average molecular weight is 524 g/mol. The Kier molecular flexibility index (Phi) is 7.63. The minimum Gasteiger partial charge on any atom is -0.504 e. The maximum atomic E-state index is 14.1. The van der Waals surface area contributed by atoms with Crippen LogP contribution < -0.4 is 26.4 Å². The fourth-order valence-corrected chi connectivity index (χ4v) is 5.20. The Morgan fingerprint density at radius 3 is 2.43 bits per heavy atom. The van der Waals surface area contributed by atoms with Crippen LogP contribution in [0.4, 0.5) is 11.4 Å². The standard InChI is InChI=1S/C26H29N5O5S/c1-14-7-10-17(11-8-14)31(26(35)23-20(27)21(24(28)33)30-37-23)22(25(34)29-16-5-3-4-6-16)15-9-12-18(32)19(13-15)36-2/h7-13,16,22,32H,3-6,27H2,1-2H3,(H2,28,33)(H,29,34)/t22-/m1/s1. The van der Waals surface area contributed by atoms with E-state index in [1.54, 1.807) is 18.2 Å². The topological polar surface area (TPSA) is 161 Å². The number of nitrogens with one attached hydrogen (secondary N) is 1. The lowest BCUT2D eigenvalue weighted by atomic mass is 10.0. The summed E-state index contributed by atoms with van der Waals surface area (Å²) in [5.74, 6) is -1.82. The van der Waals surface area contributed by atoms with Crippen LogP contribution in [0.2, 0.25) is 0 Å². The van der Waals surface area contributed by atoms with E-state index in [0.29, 0.717) is 11.3 Å². The third-order valence-electron chi connectivity index (χ3n) is 6.41. The number of amides is 3. The van der Waals surface area contributed by atoms with Crippen LogP contribution in [0.5, 0.6) is 11.5 Å². The van der Waals surface area contributed by atoms with Gasteiger partial charge in [0.2, 0.25) is 5.91 Å². The normalized spacial score (nSPS) is 14.2. The maximum Gasteiger partial charge on any atom is 0.273 e. The number of carbonyl (C=O) groups is 3. The van der Waals surface area contributed by atoms with E-state index in [-0.39, 0.29) is 33.8 Å². The number of phenolic OH excluding ortho intramolecular Hbond substituents is 1. The van der Waals surface area contributed by atoms with Crippen molar-refractivity contribution in [2.75, 3.05) is 17.7 Å². The Morgan fingerprint density at radius 2 is 1.84 bits per heavy atom. The first kappa shape index (κ1) is 26.0. The summed E-state index contributed by atoms with van der Waals surface area (Å²) in [6.07, 6.45) is 3.71. The van der Waals surface area contributed by atoms with Crippen LogP contribution in [0.25, 0.3) is 0 Å². The van der Waals surface area contributed by atoms with Crippen molar-refractivity contribution in [1.29, 1.82) is 0 Å². The van der Waals surface area contributed by atoms with Crippen LogP contribution in [0.15, 0.2) is 42.5 Å². The number of hydrogen-bond donors (Lipinski definition) is 4. The van der Waals surface area contributed by atoms with E-state index in [0.717, 1.165) is 42.8 Å². The first-order valence-electron chi connectivity index (χ1n) is 11.8. The van der Waals surface area contributed by atoms with E-state index >= 15 is 0 Å². The molecule has 1 heterocycles. The highest BCUT2D eigenvalue weighted by Crippen LogP contribution is 2.36. The predicted molar refractivity (Wildman–Crippen MR) is 141 cm³/mol. The molecular formula is C26H29N5O5S. The van der Waals surface area contributed by atoms with Crippen molar-refractivity contribution in [3.63, 3.8) is 0 Å². The molecule has 0 radical (unpaired) electrons. The molecule has 0 unspecified atom stereocenters. The molecular weight excluding hydrogens is 494 g/mol. The van der Waals surface area contributed by atoms with Gasteiger partial charge in [0.05, 0.1) is 12.8 Å². The van der Waals surface area contributed by atoms with Crippen LogP contribution in [0.3, 0.4) is 0 Å². The van der Waals surface area contributed by atoms with Gasteiger partial charge < -0.3 is 26.6 Å². The van der Waals surface area contributed by atoms with Crippen LogP contribution >= 0.6 is 11.5 Å². The van der Waals surface area contributed by atoms with E-state index in [1.807, 2.05) is 19.1 Å². The predicted octanol–water partition coefficient (Wildman–Crippen LogP) is 3.29. The number of rotatable bonds is 8. The summed E-state index contributed by atoms with van der Waals surface area (Å²) < 4.78 is 9.25. The molecule has 0 saturated heterocycles. The summed E-state index contributed by atoms with van der Waals surface area (Å²) in [6.45, 7) is 1.91. The molecule has 37 heavy (non-hydrogen) atoms. The van der Waals surface area contributed by atoms with Gasteiger partial charge in [-0.1, -0.05) is 36.6 Å². The van der Waals surface area contributed by atoms with Crippen LogP contribution in [0, 0.1) is 6.92 Å². The Hall–Kier alpha value is -4.12. The first-order chi connectivity index (χ1) is 17.7. The number of aryl methyl sites for hydroxylation is 1. The van der Waals surface area contributed by atoms with Gasteiger partial charge in [-0.05, 0) is 61.1 Å². The third kappa shape index (κ3) is 5.36. The van der Waals surface area contributed by atoms with Crippen molar-refractivity contribution in [2.24, 2.45) is 5.73 Å². The summed E-state index contributed by atoms with van der Waals surface area (Å²) in [5.41, 5.74) is 12.9. The molecule has 1 fully saturated rings. The molecule has 0 spiro atoms. The summed E-state index contributed by atoms with van der Waals surface area (Å²) in [4.78, 5) is 41.0. The molecule has 1 atom stereocenters. The molecule has 2 aromatic carbocycles. The van der Waals surface area contributed by atoms with Gasteiger partial charge in [0.1, 0.15) is 10.9 Å². The Labute approximate surface area is 218 Å². The zero-order valence-corrected chi connectivity index (χ0v) is 21.4. The van der Waals surface area contributed by atoms with E-state index in [1.165, 1.54) is 24.1 Å². The lowest BCUT2D eigenvalue weighted by Gasteiger charge is -2.32. The number of phenols is 1. The van der Waals surface area contributed by atoms with E-state index < -0.39 is 23.8 Å². The molecule has 194 valence electrons. The zero-order chi connectivity index (χ0) is 26.7. The quantitative estimate of drug-likeness (QED) is 0.352. The molecule has 3 aromatic rings. The lowest BCUT2D eigenvalue weighted by molar-refractivity contribution is -0.123. The molecule has 0 bridgehead atoms. The van der Waals surface area contributed by atoms with Crippen LogP contribution in [0.1, 0.15) is 63.0 Å². The van der Waals surface area contributed by atoms with E-state index in [4.69, 9.17) is 16.2 Å². The SMILES string of the molecule is COc1cc([C@H](C(=O)NC2CCCC2)N(C(=O)c2snc(C(N)=O)c2N)c2ccc(C)cc2)ccc1O. The summed E-state index contributed by atoms with van der Waals surface area (Å²) in [7, 11) is 1.40. The molecule has 1 aliphatic rings. The second-order valence-corrected chi connectivity index (χ2v) is 9.75. The number of ether oxygens (including phenoxy) is 1. The Bertz CT molecular complexity index is 1320. The van der Waals surface area contributed by atoms with Gasteiger partial charge in [0.15, 0.2) is 17.2 Å². The lowest BCUT2D eigenvalue weighted by Crippen LogP contribution is -2.46. The molecule has 4 rings (SSSR count). The molecule has 1 saturated carbocycles. The number of benzene rings is 2. The minimum absolute atomic E-state index is 0.0149. The smallest absolute Gasteiger partial charge is 0.273 e. The zero-order valence-electron chi connectivity index (χ0n) is 20.6. The van der Waals surface area contributed by atoms with Gasteiger partial charge in [0, 0.05) is 11.7 Å². The number of methoxy groups -OCH3 is 1. The number of anilines is 2. The molecule has 6 N–H and O–H groups in total. The maximum absolute atomic E-state index is 14.1. The molecule has 1 aliphatic carbocycles. The highest BCUT2D eigenvalue weighted by molar-refractivity contribution is 7.09. The number of hydrogen-bond acceptors (Lipinski definition) is 8. The summed E-state index contributed by atoms with van der Waals surface area (Å²) in [6, 6.07) is 10.4. The number of nitrogens with two attached hydrogens (primary N) is 2. The van der Waals surface area contributed by atoms with Crippen molar-refractivity contribution in [1.82, 2.24) is 9.69 Å². The number of nitrogen functional groups attached to an aromatic ring is 1. The minimum atomic E-state index is -1.15. The number of carbonyl (C=O) groups excluding carboxylic acids is 3. The van der Waals surface area contributed by atoms with Gasteiger partial charge in [-0.25, -0.2) is 0 Å². The van der Waals surface area contributed by atoms with Gasteiger partial charge in [-0.15, -0.1) is 0 Å². The van der Waals surface area contributed by atoms with Gasteiger partial charge in [-0.2, -0.15) is 4.37 Å². The number of aromatic nitrogens is 1. The Balaban J connectivity index is 1.88. The molecule has 3 amide bonds.